The highest BCUT2D eigenvalue weighted by atomic mass is 127. The smallest absolute Gasteiger partial charge is 0.357 e. The molecule has 2 amide bonds. The number of nitrogens with zero attached hydrogens (tertiary/aromatic N) is 2. The lowest BCUT2D eigenvalue weighted by molar-refractivity contribution is -0.137. The van der Waals surface area contributed by atoms with Crippen LogP contribution in [-0.4, -0.2) is 36.5 Å². The Morgan fingerprint density at radius 3 is 2.42 bits per heavy atom. The molecule has 2 aromatic carbocycles. The summed E-state index contributed by atoms with van der Waals surface area (Å²) in [6, 6.07) is 12.6. The number of amides is 2. The zero-order valence-electron chi connectivity index (χ0n) is 18.4. The van der Waals surface area contributed by atoms with Gasteiger partial charge in [0.2, 0.25) is 0 Å². The summed E-state index contributed by atoms with van der Waals surface area (Å²) in [5.41, 5.74) is 1.45. The first-order valence-corrected chi connectivity index (χ1v) is 10.7. The molecule has 0 radical (unpaired) electrons. The maximum atomic E-state index is 12.9. The highest BCUT2D eigenvalue weighted by Crippen LogP contribution is 2.29. The minimum Gasteiger partial charge on any atom is -0.357 e. The van der Waals surface area contributed by atoms with Crippen LogP contribution in [0.1, 0.15) is 36.5 Å². The van der Waals surface area contributed by atoms with Crippen molar-refractivity contribution in [1.29, 1.82) is 0 Å². The van der Waals surface area contributed by atoms with Crippen molar-refractivity contribution >= 4 is 41.7 Å². The molecule has 1 heterocycles. The lowest BCUT2D eigenvalue weighted by atomic mass is 10.1. The van der Waals surface area contributed by atoms with Crippen LogP contribution in [-0.2, 0) is 19.3 Å². The quantitative estimate of drug-likeness (QED) is 0.252. The number of anilines is 1. The molecule has 1 fully saturated rings. The van der Waals surface area contributed by atoms with Gasteiger partial charge in [0, 0.05) is 31.9 Å². The maximum Gasteiger partial charge on any atom is 0.416 e. The zero-order chi connectivity index (χ0) is 23.0. The third-order valence-corrected chi connectivity index (χ3v) is 5.05. The molecule has 0 aliphatic carbocycles. The Balaban J connectivity index is 0.00000385. The molecule has 180 valence electrons. The van der Waals surface area contributed by atoms with E-state index in [2.05, 4.69) is 20.9 Å². The molecule has 0 atom stereocenters. The van der Waals surface area contributed by atoms with E-state index in [1.54, 1.807) is 11.0 Å². The molecule has 3 N–H and O–H groups in total. The summed E-state index contributed by atoms with van der Waals surface area (Å²) < 4.78 is 38.7. The predicted molar refractivity (Wildman–Crippen MR) is 135 cm³/mol. The standard InChI is InChI=1S/C23H28F3N5O.HI/c1-2-27-21(28-15-17-7-5-9-19(13-17)23(24,25)26)29-16-18-8-6-10-20(14-18)30-22(32)31-11-3-4-12-31;/h5-10,13-14H,2-4,11-12,15-16H2,1H3,(H,30,32)(H2,27,28,29);1H. The van der Waals surface area contributed by atoms with Crippen LogP contribution in [0.4, 0.5) is 23.7 Å². The van der Waals surface area contributed by atoms with Gasteiger partial charge in [-0.25, -0.2) is 9.79 Å². The van der Waals surface area contributed by atoms with Crippen LogP contribution in [0.5, 0.6) is 0 Å². The first-order valence-electron chi connectivity index (χ1n) is 10.7. The fourth-order valence-corrected chi connectivity index (χ4v) is 3.43. The molecule has 0 aromatic heterocycles. The Labute approximate surface area is 209 Å². The number of carbonyl (C=O) groups is 1. The zero-order valence-corrected chi connectivity index (χ0v) is 20.7. The second-order valence-corrected chi connectivity index (χ2v) is 7.57. The SMILES string of the molecule is CCNC(=NCc1cccc(C(F)(F)F)c1)NCc1cccc(NC(=O)N2CCCC2)c1.I. The highest BCUT2D eigenvalue weighted by molar-refractivity contribution is 14.0. The van der Waals surface area contributed by atoms with Gasteiger partial charge in [-0.05, 0) is 55.2 Å². The van der Waals surface area contributed by atoms with Crippen molar-refractivity contribution in [2.45, 2.75) is 39.0 Å². The van der Waals surface area contributed by atoms with E-state index in [4.69, 9.17) is 0 Å². The molecule has 0 saturated carbocycles. The van der Waals surface area contributed by atoms with Crippen LogP contribution in [0.25, 0.3) is 0 Å². The summed E-state index contributed by atoms with van der Waals surface area (Å²) in [6.45, 7) is 4.65. The molecule has 1 aliphatic heterocycles. The Morgan fingerprint density at radius 1 is 1.03 bits per heavy atom. The molecule has 10 heteroatoms. The molecule has 0 bridgehead atoms. The molecule has 1 saturated heterocycles. The number of guanidine groups is 1. The fourth-order valence-electron chi connectivity index (χ4n) is 3.43. The summed E-state index contributed by atoms with van der Waals surface area (Å²) in [4.78, 5) is 18.5. The summed E-state index contributed by atoms with van der Waals surface area (Å²) in [7, 11) is 0. The molecule has 6 nitrogen and oxygen atoms in total. The van der Waals surface area contributed by atoms with Crippen molar-refractivity contribution in [2.24, 2.45) is 4.99 Å². The lowest BCUT2D eigenvalue weighted by Crippen LogP contribution is -2.36. The predicted octanol–water partition coefficient (Wildman–Crippen LogP) is 5.21. The van der Waals surface area contributed by atoms with Gasteiger partial charge in [0.15, 0.2) is 5.96 Å². The minimum atomic E-state index is -4.38. The highest BCUT2D eigenvalue weighted by Gasteiger charge is 2.30. The third kappa shape index (κ3) is 8.41. The van der Waals surface area contributed by atoms with Crippen LogP contribution < -0.4 is 16.0 Å². The number of carbonyl (C=O) groups excluding carboxylic acids is 1. The monoisotopic (exact) mass is 575 g/mol. The summed E-state index contributed by atoms with van der Waals surface area (Å²) in [5, 5.41) is 9.20. The minimum absolute atomic E-state index is 0. The van der Waals surface area contributed by atoms with Gasteiger partial charge in [0.1, 0.15) is 0 Å². The topological polar surface area (TPSA) is 68.8 Å². The van der Waals surface area contributed by atoms with Gasteiger partial charge < -0.3 is 20.9 Å². The van der Waals surface area contributed by atoms with E-state index in [-0.39, 0.29) is 36.6 Å². The van der Waals surface area contributed by atoms with Gasteiger partial charge in [-0.3, -0.25) is 0 Å². The number of rotatable bonds is 6. The number of hydrogen-bond acceptors (Lipinski definition) is 2. The normalized spacial score (nSPS) is 13.9. The van der Waals surface area contributed by atoms with Gasteiger partial charge in [-0.1, -0.05) is 24.3 Å². The second kappa shape index (κ2) is 12.7. The number of likely N-dealkylation sites (tertiary alicyclic amines) is 1. The van der Waals surface area contributed by atoms with Crippen LogP contribution in [0.15, 0.2) is 53.5 Å². The largest absolute Gasteiger partial charge is 0.416 e. The van der Waals surface area contributed by atoms with Crippen LogP contribution in [0.2, 0.25) is 0 Å². The van der Waals surface area contributed by atoms with Crippen molar-refractivity contribution in [2.75, 3.05) is 25.0 Å². The van der Waals surface area contributed by atoms with Crippen LogP contribution in [0.3, 0.4) is 0 Å². The average Bonchev–Trinajstić information content (AvgIpc) is 3.31. The number of alkyl halides is 3. The van der Waals surface area contributed by atoms with Crippen molar-refractivity contribution in [1.82, 2.24) is 15.5 Å². The number of halogens is 4. The third-order valence-electron chi connectivity index (χ3n) is 5.05. The number of hydrogen-bond donors (Lipinski definition) is 3. The van der Waals surface area contributed by atoms with E-state index >= 15 is 0 Å². The van der Waals surface area contributed by atoms with Crippen molar-refractivity contribution in [3.63, 3.8) is 0 Å². The summed E-state index contributed by atoms with van der Waals surface area (Å²) >= 11 is 0. The van der Waals surface area contributed by atoms with Crippen molar-refractivity contribution in [3.05, 3.63) is 65.2 Å². The number of aliphatic imine (C=N–C) groups is 1. The van der Waals surface area contributed by atoms with E-state index in [0.29, 0.717) is 30.3 Å². The first kappa shape index (κ1) is 26.7. The Morgan fingerprint density at radius 2 is 1.73 bits per heavy atom. The molecule has 2 aromatic rings. The Hall–Kier alpha value is -2.50. The number of urea groups is 1. The molecule has 33 heavy (non-hydrogen) atoms. The first-order chi connectivity index (χ1) is 15.3. The van der Waals surface area contributed by atoms with Gasteiger partial charge in [-0.2, -0.15) is 13.2 Å². The number of benzene rings is 2. The van der Waals surface area contributed by atoms with E-state index in [9.17, 15) is 18.0 Å². The van der Waals surface area contributed by atoms with Gasteiger partial charge in [0.25, 0.3) is 0 Å². The van der Waals surface area contributed by atoms with Crippen molar-refractivity contribution < 1.29 is 18.0 Å². The van der Waals surface area contributed by atoms with Gasteiger partial charge >= 0.3 is 12.2 Å². The maximum absolute atomic E-state index is 12.9. The molecular weight excluding hydrogens is 546 g/mol. The summed E-state index contributed by atoms with van der Waals surface area (Å²) in [6.07, 6.45) is -2.31. The molecule has 3 rings (SSSR count). The Bertz CT molecular complexity index is 946. The average molecular weight is 575 g/mol. The van der Waals surface area contributed by atoms with Crippen LogP contribution in [0, 0.1) is 0 Å². The summed E-state index contributed by atoms with van der Waals surface area (Å²) in [5.74, 6) is 0.497. The molecule has 1 aliphatic rings. The van der Waals surface area contributed by atoms with E-state index in [1.165, 1.54) is 6.07 Å². The Kier molecular flexibility index (Phi) is 10.3. The lowest BCUT2D eigenvalue weighted by Gasteiger charge is -2.17. The molecular formula is C23H29F3IN5O. The molecule has 0 spiro atoms. The van der Waals surface area contributed by atoms with Crippen LogP contribution >= 0.6 is 24.0 Å². The number of nitrogens with one attached hydrogen (secondary N) is 3. The van der Waals surface area contributed by atoms with Gasteiger partial charge in [-0.15, -0.1) is 24.0 Å². The van der Waals surface area contributed by atoms with E-state index in [1.807, 2.05) is 31.2 Å². The van der Waals surface area contributed by atoms with E-state index < -0.39 is 11.7 Å². The fraction of sp³-hybridized carbons (Fsp3) is 0.391. The van der Waals surface area contributed by atoms with E-state index in [0.717, 1.165) is 43.6 Å². The van der Waals surface area contributed by atoms with Crippen molar-refractivity contribution in [3.8, 4) is 0 Å². The molecule has 0 unspecified atom stereocenters. The van der Waals surface area contributed by atoms with Gasteiger partial charge in [0.05, 0.1) is 12.1 Å². The second-order valence-electron chi connectivity index (χ2n) is 7.57.